The van der Waals surface area contributed by atoms with E-state index in [0.29, 0.717) is 0 Å². The van der Waals surface area contributed by atoms with E-state index in [4.69, 9.17) is 0 Å². The first-order valence-corrected chi connectivity index (χ1v) is 7.30. The third-order valence-electron chi connectivity index (χ3n) is 3.60. The third-order valence-corrected chi connectivity index (χ3v) is 3.60. The largest absolute Gasteiger partial charge is 0.434 e. The van der Waals surface area contributed by atoms with Crippen LogP contribution in [0.15, 0.2) is 48.8 Å². The van der Waals surface area contributed by atoms with Gasteiger partial charge in [0.05, 0.1) is 11.6 Å². The topological polar surface area (TPSA) is 70.2 Å². The zero-order valence-corrected chi connectivity index (χ0v) is 13.0. The number of aromatic nitrogens is 2. The number of amides is 1. The van der Waals surface area contributed by atoms with E-state index in [9.17, 15) is 27.6 Å². The van der Waals surface area contributed by atoms with E-state index >= 15 is 0 Å². The lowest BCUT2D eigenvalue weighted by molar-refractivity contribution is -0.140. The number of carbonyl (C=O) groups excluding carboxylic acids is 1. The Kier molecular flexibility index (Phi) is 4.34. The second-order valence-corrected chi connectivity index (χ2v) is 5.37. The standard InChI is InChI=1S/C17H10F4N4O/c18-11-4-1-3-10(7-11)13(8-22)23-16(26)12-5-2-6-25-9-14(17(19,20)21)24-15(12)25/h1-7,9,13H,(H,23,26). The van der Waals surface area contributed by atoms with Crippen molar-refractivity contribution in [2.75, 3.05) is 0 Å². The van der Waals surface area contributed by atoms with Crippen molar-refractivity contribution >= 4 is 11.6 Å². The highest BCUT2D eigenvalue weighted by molar-refractivity contribution is 6.00. The van der Waals surface area contributed by atoms with Crippen LogP contribution in [-0.2, 0) is 6.18 Å². The van der Waals surface area contributed by atoms with Gasteiger partial charge in [0, 0.05) is 12.4 Å². The van der Waals surface area contributed by atoms with Gasteiger partial charge in [-0.1, -0.05) is 12.1 Å². The van der Waals surface area contributed by atoms with Gasteiger partial charge in [-0.25, -0.2) is 9.37 Å². The number of benzene rings is 1. The summed E-state index contributed by atoms with van der Waals surface area (Å²) < 4.78 is 52.9. The molecule has 2 heterocycles. The molecule has 26 heavy (non-hydrogen) atoms. The normalized spacial score (nSPS) is 12.6. The van der Waals surface area contributed by atoms with Crippen LogP contribution in [0.3, 0.4) is 0 Å². The van der Waals surface area contributed by atoms with Gasteiger partial charge >= 0.3 is 6.18 Å². The second-order valence-electron chi connectivity index (χ2n) is 5.37. The second kappa shape index (κ2) is 6.48. The van der Waals surface area contributed by atoms with Crippen LogP contribution in [0, 0.1) is 17.1 Å². The summed E-state index contributed by atoms with van der Waals surface area (Å²) in [7, 11) is 0. The van der Waals surface area contributed by atoms with Gasteiger partial charge in [0.2, 0.25) is 0 Å². The van der Waals surface area contributed by atoms with E-state index < -0.39 is 29.6 Å². The third kappa shape index (κ3) is 3.35. The van der Waals surface area contributed by atoms with Gasteiger partial charge in [-0.2, -0.15) is 18.4 Å². The lowest BCUT2D eigenvalue weighted by Crippen LogP contribution is -2.28. The average molecular weight is 362 g/mol. The van der Waals surface area contributed by atoms with Crippen molar-refractivity contribution in [2.24, 2.45) is 0 Å². The Balaban J connectivity index is 1.95. The monoisotopic (exact) mass is 362 g/mol. The van der Waals surface area contributed by atoms with Crippen molar-refractivity contribution in [2.45, 2.75) is 12.2 Å². The summed E-state index contributed by atoms with van der Waals surface area (Å²) in [5.41, 5.74) is -1.26. The molecule has 9 heteroatoms. The molecule has 1 N–H and O–H groups in total. The summed E-state index contributed by atoms with van der Waals surface area (Å²) >= 11 is 0. The average Bonchev–Trinajstić information content (AvgIpc) is 3.04. The Bertz CT molecular complexity index is 1020. The molecule has 1 atom stereocenters. The number of rotatable bonds is 3. The minimum atomic E-state index is -4.66. The van der Waals surface area contributed by atoms with Gasteiger partial charge in [-0.3, -0.25) is 4.79 Å². The van der Waals surface area contributed by atoms with Crippen LogP contribution >= 0.6 is 0 Å². The summed E-state index contributed by atoms with van der Waals surface area (Å²) in [5.74, 6) is -1.38. The van der Waals surface area contributed by atoms with Gasteiger partial charge in [-0.15, -0.1) is 0 Å². The van der Waals surface area contributed by atoms with Crippen LogP contribution in [0.4, 0.5) is 17.6 Å². The highest BCUT2D eigenvalue weighted by atomic mass is 19.4. The molecule has 1 aromatic carbocycles. The molecule has 1 amide bonds. The number of alkyl halides is 3. The fourth-order valence-corrected chi connectivity index (χ4v) is 2.41. The van der Waals surface area contributed by atoms with E-state index in [1.165, 1.54) is 36.5 Å². The molecule has 0 radical (unpaired) electrons. The number of pyridine rings is 1. The Hall–Kier alpha value is -3.41. The quantitative estimate of drug-likeness (QED) is 0.725. The molecule has 0 fully saturated rings. The van der Waals surface area contributed by atoms with Gasteiger partial charge in [-0.05, 0) is 29.8 Å². The van der Waals surface area contributed by atoms with Crippen molar-refractivity contribution in [1.82, 2.24) is 14.7 Å². The SMILES string of the molecule is N#CC(NC(=O)c1cccn2cc(C(F)(F)F)nc12)c1cccc(F)c1. The van der Waals surface area contributed by atoms with Crippen molar-refractivity contribution in [1.29, 1.82) is 5.26 Å². The molecule has 0 aliphatic heterocycles. The smallest absolute Gasteiger partial charge is 0.332 e. The van der Waals surface area contributed by atoms with E-state index in [1.54, 1.807) is 0 Å². The number of halogens is 4. The van der Waals surface area contributed by atoms with Crippen LogP contribution in [0.5, 0.6) is 0 Å². The number of fused-ring (bicyclic) bond motifs is 1. The van der Waals surface area contributed by atoms with Crippen molar-refractivity contribution in [3.05, 3.63) is 71.4 Å². The molecule has 1 unspecified atom stereocenters. The van der Waals surface area contributed by atoms with Crippen molar-refractivity contribution in [3.63, 3.8) is 0 Å². The molecular weight excluding hydrogens is 352 g/mol. The predicted octanol–water partition coefficient (Wildman–Crippen LogP) is 3.49. The van der Waals surface area contributed by atoms with Gasteiger partial charge < -0.3 is 9.72 Å². The first-order chi connectivity index (χ1) is 12.3. The van der Waals surface area contributed by atoms with E-state index in [1.807, 2.05) is 6.07 Å². The highest BCUT2D eigenvalue weighted by Gasteiger charge is 2.34. The summed E-state index contributed by atoms with van der Waals surface area (Å²) in [4.78, 5) is 15.9. The number of nitrogens with one attached hydrogen (secondary N) is 1. The Morgan fingerprint density at radius 3 is 2.69 bits per heavy atom. The van der Waals surface area contributed by atoms with Crippen LogP contribution in [-0.4, -0.2) is 15.3 Å². The first kappa shape index (κ1) is 17.4. The molecule has 0 saturated carbocycles. The maximum absolute atomic E-state index is 13.3. The summed E-state index contributed by atoms with van der Waals surface area (Å²) in [6.45, 7) is 0. The Morgan fingerprint density at radius 2 is 2.04 bits per heavy atom. The molecule has 0 spiro atoms. The molecule has 0 aliphatic rings. The molecular formula is C17H10F4N4O. The van der Waals surface area contributed by atoms with Crippen molar-refractivity contribution < 1.29 is 22.4 Å². The van der Waals surface area contributed by atoms with Crippen LogP contribution in [0.1, 0.15) is 27.7 Å². The lowest BCUT2D eigenvalue weighted by Gasteiger charge is -2.12. The Morgan fingerprint density at radius 1 is 1.27 bits per heavy atom. The van der Waals surface area contributed by atoms with Crippen LogP contribution in [0.2, 0.25) is 0 Å². The highest BCUT2D eigenvalue weighted by Crippen LogP contribution is 2.29. The Labute approximate surface area is 144 Å². The molecule has 3 rings (SSSR count). The van der Waals surface area contributed by atoms with Crippen LogP contribution < -0.4 is 5.32 Å². The maximum atomic E-state index is 13.3. The van der Waals surface area contributed by atoms with Gasteiger partial charge in [0.1, 0.15) is 17.5 Å². The first-order valence-electron chi connectivity index (χ1n) is 7.30. The zero-order valence-electron chi connectivity index (χ0n) is 13.0. The number of imidazole rings is 1. The van der Waals surface area contributed by atoms with Gasteiger partial charge in [0.25, 0.3) is 5.91 Å². The number of hydrogen-bond acceptors (Lipinski definition) is 3. The summed E-state index contributed by atoms with van der Waals surface area (Å²) in [5, 5.41) is 11.6. The molecule has 132 valence electrons. The van der Waals surface area contributed by atoms with E-state index in [0.717, 1.165) is 16.7 Å². The van der Waals surface area contributed by atoms with Crippen LogP contribution in [0.25, 0.3) is 5.65 Å². The minimum absolute atomic E-state index is 0.139. The fraction of sp³-hybridized carbons (Fsp3) is 0.118. The molecule has 0 bridgehead atoms. The molecule has 3 aromatic rings. The van der Waals surface area contributed by atoms with E-state index in [-0.39, 0.29) is 16.8 Å². The number of carbonyl (C=O) groups is 1. The predicted molar refractivity (Wildman–Crippen MR) is 82.4 cm³/mol. The molecule has 2 aromatic heterocycles. The number of nitriles is 1. The van der Waals surface area contributed by atoms with E-state index in [2.05, 4.69) is 10.3 Å². The summed E-state index contributed by atoms with van der Waals surface area (Å²) in [6.07, 6.45) is -2.57. The molecule has 0 saturated heterocycles. The maximum Gasteiger partial charge on any atom is 0.434 e. The van der Waals surface area contributed by atoms with Gasteiger partial charge in [0.15, 0.2) is 5.69 Å². The summed E-state index contributed by atoms with van der Waals surface area (Å²) in [6, 6.07) is 8.43. The molecule has 5 nitrogen and oxygen atoms in total. The molecule has 0 aliphatic carbocycles. The zero-order chi connectivity index (χ0) is 18.9. The van der Waals surface area contributed by atoms with Crippen molar-refractivity contribution in [3.8, 4) is 6.07 Å². The minimum Gasteiger partial charge on any atom is -0.332 e. The fourth-order valence-electron chi connectivity index (χ4n) is 2.41. The number of hydrogen-bond donors (Lipinski definition) is 1. The number of nitrogens with zero attached hydrogens (tertiary/aromatic N) is 3. The lowest BCUT2D eigenvalue weighted by atomic mass is 10.1.